The number of esters is 1. The normalized spacial score (nSPS) is 17.6. The number of amides is 1. The molecule has 0 fully saturated rings. The minimum absolute atomic E-state index is 0.279. The zero-order valence-corrected chi connectivity index (χ0v) is 11.3. The predicted octanol–water partition coefficient (Wildman–Crippen LogP) is 2.24. The molecule has 5 nitrogen and oxygen atoms in total. The Balaban J connectivity index is 1.94. The standard InChI is InChI=1S/C15H17NO4/c1-2-19-14(17)12-7-6-10-16(11-12)15(18)20-13-8-4-3-5-9-13/h3-9,12H,2,10-11H2,1H3. The van der Waals surface area contributed by atoms with Gasteiger partial charge in [-0.25, -0.2) is 4.79 Å². The molecule has 2 rings (SSSR count). The predicted molar refractivity (Wildman–Crippen MR) is 73.3 cm³/mol. The van der Waals surface area contributed by atoms with Crippen molar-refractivity contribution >= 4 is 12.1 Å². The van der Waals surface area contributed by atoms with Crippen LogP contribution in [0.3, 0.4) is 0 Å². The Morgan fingerprint density at radius 2 is 2.05 bits per heavy atom. The van der Waals surface area contributed by atoms with E-state index in [1.807, 2.05) is 6.07 Å². The van der Waals surface area contributed by atoms with Gasteiger partial charge in [-0.3, -0.25) is 4.79 Å². The summed E-state index contributed by atoms with van der Waals surface area (Å²) in [5.74, 6) is -0.257. The van der Waals surface area contributed by atoms with E-state index in [1.165, 1.54) is 4.90 Å². The Labute approximate surface area is 117 Å². The molecule has 5 heteroatoms. The van der Waals surface area contributed by atoms with Crippen LogP contribution in [0.4, 0.5) is 4.79 Å². The first-order valence-corrected chi connectivity index (χ1v) is 6.55. The number of rotatable bonds is 3. The summed E-state index contributed by atoms with van der Waals surface area (Å²) in [6, 6.07) is 8.85. The van der Waals surface area contributed by atoms with Gasteiger partial charge >= 0.3 is 12.1 Å². The third kappa shape index (κ3) is 3.60. The summed E-state index contributed by atoms with van der Waals surface area (Å²) in [4.78, 5) is 25.2. The van der Waals surface area contributed by atoms with Crippen LogP contribution < -0.4 is 4.74 Å². The molecule has 1 aliphatic rings. The van der Waals surface area contributed by atoms with Gasteiger partial charge in [-0.05, 0) is 19.1 Å². The van der Waals surface area contributed by atoms with Crippen molar-refractivity contribution in [2.75, 3.05) is 19.7 Å². The van der Waals surface area contributed by atoms with Crippen molar-refractivity contribution < 1.29 is 19.1 Å². The highest BCUT2D eigenvalue weighted by atomic mass is 16.6. The Morgan fingerprint density at radius 3 is 2.75 bits per heavy atom. The van der Waals surface area contributed by atoms with Gasteiger partial charge in [-0.2, -0.15) is 0 Å². The third-order valence-corrected chi connectivity index (χ3v) is 2.91. The van der Waals surface area contributed by atoms with Crippen molar-refractivity contribution in [3.63, 3.8) is 0 Å². The summed E-state index contributed by atoms with van der Waals surface area (Å²) in [6.07, 6.45) is 3.08. The molecule has 106 valence electrons. The fourth-order valence-electron chi connectivity index (χ4n) is 1.93. The molecule has 1 unspecified atom stereocenters. The summed E-state index contributed by atoms with van der Waals surface area (Å²) >= 11 is 0. The van der Waals surface area contributed by atoms with Crippen LogP contribution in [-0.2, 0) is 9.53 Å². The van der Waals surface area contributed by atoms with Crippen molar-refractivity contribution in [1.29, 1.82) is 0 Å². The maximum atomic E-state index is 12.0. The highest BCUT2D eigenvalue weighted by Crippen LogP contribution is 2.15. The lowest BCUT2D eigenvalue weighted by Crippen LogP contribution is -2.41. The van der Waals surface area contributed by atoms with E-state index in [0.29, 0.717) is 18.9 Å². The molecule has 1 aromatic carbocycles. The molecule has 0 aromatic heterocycles. The molecule has 1 atom stereocenters. The molecule has 1 heterocycles. The highest BCUT2D eigenvalue weighted by molar-refractivity contribution is 5.77. The average Bonchev–Trinajstić information content (AvgIpc) is 2.48. The molecule has 20 heavy (non-hydrogen) atoms. The lowest BCUT2D eigenvalue weighted by Gasteiger charge is -2.26. The van der Waals surface area contributed by atoms with E-state index in [1.54, 1.807) is 43.3 Å². The number of hydrogen-bond donors (Lipinski definition) is 0. The second-order valence-corrected chi connectivity index (χ2v) is 4.37. The summed E-state index contributed by atoms with van der Waals surface area (Å²) in [6.45, 7) is 2.80. The first-order chi connectivity index (χ1) is 9.70. The monoisotopic (exact) mass is 275 g/mol. The van der Waals surface area contributed by atoms with Gasteiger partial charge in [0.25, 0.3) is 0 Å². The van der Waals surface area contributed by atoms with Crippen LogP contribution in [0, 0.1) is 5.92 Å². The Morgan fingerprint density at radius 1 is 1.30 bits per heavy atom. The Bertz CT molecular complexity index is 498. The van der Waals surface area contributed by atoms with E-state index in [-0.39, 0.29) is 12.5 Å². The molecule has 0 spiro atoms. The second-order valence-electron chi connectivity index (χ2n) is 4.37. The van der Waals surface area contributed by atoms with Crippen LogP contribution in [0.15, 0.2) is 42.5 Å². The van der Waals surface area contributed by atoms with E-state index in [9.17, 15) is 9.59 Å². The van der Waals surface area contributed by atoms with E-state index in [0.717, 1.165) is 0 Å². The Hall–Kier alpha value is -2.30. The van der Waals surface area contributed by atoms with Gasteiger partial charge in [0.05, 0.1) is 12.5 Å². The van der Waals surface area contributed by atoms with E-state index in [4.69, 9.17) is 9.47 Å². The molecule has 1 aliphatic heterocycles. The second kappa shape index (κ2) is 6.75. The summed E-state index contributed by atoms with van der Waals surface area (Å²) in [5, 5.41) is 0. The zero-order valence-electron chi connectivity index (χ0n) is 11.3. The van der Waals surface area contributed by atoms with E-state index in [2.05, 4.69) is 0 Å². The van der Waals surface area contributed by atoms with E-state index < -0.39 is 12.0 Å². The highest BCUT2D eigenvalue weighted by Gasteiger charge is 2.27. The molecule has 0 saturated heterocycles. The van der Waals surface area contributed by atoms with Crippen molar-refractivity contribution in [3.05, 3.63) is 42.5 Å². The molecule has 0 N–H and O–H groups in total. The third-order valence-electron chi connectivity index (χ3n) is 2.91. The van der Waals surface area contributed by atoms with Gasteiger partial charge in [0.1, 0.15) is 5.75 Å². The molecular formula is C15H17NO4. The SMILES string of the molecule is CCOC(=O)C1C=CCN(C(=O)Oc2ccccc2)C1. The molecule has 0 saturated carbocycles. The van der Waals surface area contributed by atoms with Gasteiger partial charge in [0.15, 0.2) is 0 Å². The molecule has 0 bridgehead atoms. The van der Waals surface area contributed by atoms with Crippen LogP contribution in [0.5, 0.6) is 5.75 Å². The van der Waals surface area contributed by atoms with Crippen LogP contribution in [0.2, 0.25) is 0 Å². The zero-order chi connectivity index (χ0) is 14.4. The van der Waals surface area contributed by atoms with Crippen molar-refractivity contribution in [2.24, 2.45) is 5.92 Å². The van der Waals surface area contributed by atoms with Crippen LogP contribution >= 0.6 is 0 Å². The number of benzene rings is 1. The number of carbonyl (C=O) groups excluding carboxylic acids is 2. The van der Waals surface area contributed by atoms with Crippen molar-refractivity contribution in [2.45, 2.75) is 6.92 Å². The fraction of sp³-hybridized carbons (Fsp3) is 0.333. The first kappa shape index (κ1) is 14.1. The molecular weight excluding hydrogens is 258 g/mol. The molecule has 1 amide bonds. The number of nitrogens with zero attached hydrogens (tertiary/aromatic N) is 1. The van der Waals surface area contributed by atoms with Crippen LogP contribution in [0.25, 0.3) is 0 Å². The first-order valence-electron chi connectivity index (χ1n) is 6.55. The minimum atomic E-state index is -0.463. The van der Waals surface area contributed by atoms with Gasteiger partial charge in [-0.1, -0.05) is 30.4 Å². The number of hydrogen-bond acceptors (Lipinski definition) is 4. The van der Waals surface area contributed by atoms with Crippen molar-refractivity contribution in [1.82, 2.24) is 4.90 Å². The van der Waals surface area contributed by atoms with Crippen LogP contribution in [-0.4, -0.2) is 36.7 Å². The fourth-order valence-corrected chi connectivity index (χ4v) is 1.93. The maximum absolute atomic E-state index is 12.0. The number of ether oxygens (including phenoxy) is 2. The summed E-state index contributed by atoms with van der Waals surface area (Å²) in [5.41, 5.74) is 0. The van der Waals surface area contributed by atoms with Crippen molar-refractivity contribution in [3.8, 4) is 5.75 Å². The molecule has 1 aromatic rings. The van der Waals surface area contributed by atoms with Gasteiger partial charge in [-0.15, -0.1) is 0 Å². The smallest absolute Gasteiger partial charge is 0.415 e. The Kier molecular flexibility index (Phi) is 4.76. The average molecular weight is 275 g/mol. The lowest BCUT2D eigenvalue weighted by atomic mass is 10.1. The lowest BCUT2D eigenvalue weighted by molar-refractivity contribution is -0.146. The number of carbonyl (C=O) groups is 2. The van der Waals surface area contributed by atoms with Gasteiger partial charge in [0, 0.05) is 13.1 Å². The summed E-state index contributed by atoms with van der Waals surface area (Å²) in [7, 11) is 0. The molecule has 0 aliphatic carbocycles. The molecule has 0 radical (unpaired) electrons. The number of para-hydroxylation sites is 1. The van der Waals surface area contributed by atoms with Gasteiger partial charge in [0.2, 0.25) is 0 Å². The summed E-state index contributed by atoms with van der Waals surface area (Å²) < 4.78 is 10.2. The largest absolute Gasteiger partial charge is 0.465 e. The van der Waals surface area contributed by atoms with E-state index >= 15 is 0 Å². The van der Waals surface area contributed by atoms with Gasteiger partial charge < -0.3 is 14.4 Å². The maximum Gasteiger partial charge on any atom is 0.415 e. The quantitative estimate of drug-likeness (QED) is 0.627. The van der Waals surface area contributed by atoms with Crippen LogP contribution in [0.1, 0.15) is 6.92 Å². The minimum Gasteiger partial charge on any atom is -0.465 e. The topological polar surface area (TPSA) is 55.8 Å².